The molecule has 0 radical (unpaired) electrons. The van der Waals surface area contributed by atoms with Crippen LogP contribution >= 0.6 is 0 Å². The molecule has 25 heavy (non-hydrogen) atoms. The number of hydrogen-bond donors (Lipinski definition) is 1. The molecule has 2 rings (SSSR count). The van der Waals surface area contributed by atoms with E-state index in [1.54, 1.807) is 23.1 Å². The molecule has 8 nitrogen and oxygen atoms in total. The van der Waals surface area contributed by atoms with Gasteiger partial charge in [-0.15, -0.1) is 0 Å². The van der Waals surface area contributed by atoms with Crippen molar-refractivity contribution < 1.29 is 27.5 Å². The lowest BCUT2D eigenvalue weighted by Crippen LogP contribution is -2.44. The molecular formula is C16H22N2O6S. The Morgan fingerprint density at radius 1 is 1.08 bits per heavy atom. The fraction of sp³-hybridized carbons (Fsp3) is 0.500. The number of methoxy groups -OCH3 is 2. The van der Waals surface area contributed by atoms with E-state index >= 15 is 0 Å². The number of nitrogens with zero attached hydrogens (tertiary/aromatic N) is 1. The molecule has 1 N–H and O–H groups in total. The van der Waals surface area contributed by atoms with Crippen LogP contribution in [0.1, 0.15) is 23.2 Å². The Labute approximate surface area is 147 Å². The Balaban J connectivity index is 2.03. The smallest absolute Gasteiger partial charge is 0.254 e. The molecule has 0 aromatic heterocycles. The minimum Gasteiger partial charge on any atom is -0.497 e. The summed E-state index contributed by atoms with van der Waals surface area (Å²) in [7, 11) is -0.551. The molecule has 0 bridgehead atoms. The minimum atomic E-state index is -3.57. The molecule has 1 heterocycles. The quantitative estimate of drug-likeness (QED) is 0.816. The molecule has 0 saturated carbocycles. The van der Waals surface area contributed by atoms with E-state index in [0.717, 1.165) is 6.26 Å². The first-order valence-electron chi connectivity index (χ1n) is 7.77. The lowest BCUT2D eigenvalue weighted by atomic mass is 9.96. The number of ether oxygens (including phenoxy) is 2. The van der Waals surface area contributed by atoms with Crippen LogP contribution in [0.15, 0.2) is 18.2 Å². The predicted molar refractivity (Wildman–Crippen MR) is 91.2 cm³/mol. The van der Waals surface area contributed by atoms with Gasteiger partial charge in [-0.05, 0) is 25.0 Å². The highest BCUT2D eigenvalue weighted by Gasteiger charge is 2.29. The number of sulfonamides is 1. The van der Waals surface area contributed by atoms with Gasteiger partial charge in [0.15, 0.2) is 0 Å². The largest absolute Gasteiger partial charge is 0.497 e. The molecule has 1 aliphatic heterocycles. The molecule has 1 fully saturated rings. The fourth-order valence-corrected chi connectivity index (χ4v) is 3.26. The summed E-state index contributed by atoms with van der Waals surface area (Å²) in [5.74, 6) is -0.0781. The van der Waals surface area contributed by atoms with E-state index in [0.29, 0.717) is 43.0 Å². The summed E-state index contributed by atoms with van der Waals surface area (Å²) in [5, 5.41) is 0. The van der Waals surface area contributed by atoms with E-state index in [1.165, 1.54) is 14.2 Å². The summed E-state index contributed by atoms with van der Waals surface area (Å²) < 4.78 is 34.6. The van der Waals surface area contributed by atoms with E-state index in [4.69, 9.17) is 9.47 Å². The first-order valence-corrected chi connectivity index (χ1v) is 9.66. The third-order valence-corrected chi connectivity index (χ3v) is 4.61. The van der Waals surface area contributed by atoms with Gasteiger partial charge in [-0.25, -0.2) is 8.42 Å². The van der Waals surface area contributed by atoms with Gasteiger partial charge < -0.3 is 14.4 Å². The van der Waals surface area contributed by atoms with Gasteiger partial charge in [-0.1, -0.05) is 0 Å². The van der Waals surface area contributed by atoms with Crippen molar-refractivity contribution in [3.8, 4) is 11.5 Å². The van der Waals surface area contributed by atoms with Gasteiger partial charge in [0, 0.05) is 30.6 Å². The molecule has 2 amide bonds. The number of carbonyl (C=O) groups is 2. The summed E-state index contributed by atoms with van der Waals surface area (Å²) in [6.07, 6.45) is 1.77. The maximum Gasteiger partial charge on any atom is 0.254 e. The highest BCUT2D eigenvalue weighted by Crippen LogP contribution is 2.25. The van der Waals surface area contributed by atoms with Gasteiger partial charge in [-0.2, -0.15) is 0 Å². The van der Waals surface area contributed by atoms with Crippen LogP contribution in [0.3, 0.4) is 0 Å². The number of carbonyl (C=O) groups excluding carboxylic acids is 2. The molecule has 0 aliphatic carbocycles. The average molecular weight is 370 g/mol. The fourth-order valence-electron chi connectivity index (χ4n) is 2.72. The van der Waals surface area contributed by atoms with E-state index in [-0.39, 0.29) is 5.91 Å². The second-order valence-corrected chi connectivity index (χ2v) is 7.65. The van der Waals surface area contributed by atoms with Gasteiger partial charge in [0.25, 0.3) is 5.91 Å². The molecule has 0 atom stereocenters. The zero-order chi connectivity index (χ0) is 18.6. The zero-order valence-electron chi connectivity index (χ0n) is 14.4. The Morgan fingerprint density at radius 3 is 2.04 bits per heavy atom. The van der Waals surface area contributed by atoms with E-state index in [1.807, 2.05) is 4.72 Å². The Kier molecular flexibility index (Phi) is 5.89. The first-order chi connectivity index (χ1) is 11.7. The summed E-state index contributed by atoms with van der Waals surface area (Å²) >= 11 is 0. The van der Waals surface area contributed by atoms with Crippen LogP contribution in [0.5, 0.6) is 11.5 Å². The normalized spacial score (nSPS) is 15.6. The number of nitrogens with one attached hydrogen (secondary N) is 1. The van der Waals surface area contributed by atoms with Crippen LogP contribution in [-0.2, 0) is 14.8 Å². The predicted octanol–water partition coefficient (Wildman–Crippen LogP) is 0.632. The molecule has 1 aromatic rings. The third-order valence-electron chi connectivity index (χ3n) is 4.04. The minimum absolute atomic E-state index is 0.181. The molecule has 1 aromatic carbocycles. The average Bonchev–Trinajstić information content (AvgIpc) is 2.59. The summed E-state index contributed by atoms with van der Waals surface area (Å²) in [6, 6.07) is 4.94. The van der Waals surface area contributed by atoms with Crippen molar-refractivity contribution in [3.63, 3.8) is 0 Å². The van der Waals surface area contributed by atoms with E-state index in [2.05, 4.69) is 0 Å². The molecule has 0 unspecified atom stereocenters. The number of amides is 2. The maximum absolute atomic E-state index is 12.7. The monoisotopic (exact) mass is 370 g/mol. The first kappa shape index (κ1) is 19.0. The molecule has 9 heteroatoms. The van der Waals surface area contributed by atoms with Crippen molar-refractivity contribution in [2.45, 2.75) is 12.8 Å². The molecule has 1 aliphatic rings. The Morgan fingerprint density at radius 2 is 1.60 bits per heavy atom. The van der Waals surface area contributed by atoms with Crippen molar-refractivity contribution in [2.75, 3.05) is 33.6 Å². The van der Waals surface area contributed by atoms with Gasteiger partial charge in [0.05, 0.1) is 20.5 Å². The molecule has 0 spiro atoms. The summed E-state index contributed by atoms with van der Waals surface area (Å²) in [5.41, 5.74) is 0.440. The number of hydrogen-bond acceptors (Lipinski definition) is 6. The Bertz CT molecular complexity index is 732. The lowest BCUT2D eigenvalue weighted by Gasteiger charge is -2.31. The maximum atomic E-state index is 12.7. The molecule has 1 saturated heterocycles. The third kappa shape index (κ3) is 5.09. The van der Waals surface area contributed by atoms with E-state index in [9.17, 15) is 18.0 Å². The molecular weight excluding hydrogens is 348 g/mol. The second-order valence-electron chi connectivity index (χ2n) is 5.91. The van der Waals surface area contributed by atoms with E-state index < -0.39 is 21.8 Å². The van der Waals surface area contributed by atoms with Crippen molar-refractivity contribution in [3.05, 3.63) is 23.8 Å². The molecule has 138 valence electrons. The standard InChI is InChI=1S/C16H22N2O6S/c1-23-13-8-12(9-14(10-13)24-2)16(20)18-6-4-11(5-7-18)15(19)17-25(3,21)22/h8-11H,4-7H2,1-3H3,(H,17,19). The lowest BCUT2D eigenvalue weighted by molar-refractivity contribution is -0.124. The summed E-state index contributed by atoms with van der Waals surface area (Å²) in [6.45, 7) is 0.750. The Hall–Kier alpha value is -2.29. The van der Waals surface area contributed by atoms with Crippen molar-refractivity contribution in [1.82, 2.24) is 9.62 Å². The number of benzene rings is 1. The second kappa shape index (κ2) is 7.73. The van der Waals surface area contributed by atoms with Gasteiger partial charge in [-0.3, -0.25) is 14.3 Å². The van der Waals surface area contributed by atoms with Crippen LogP contribution in [0.25, 0.3) is 0 Å². The van der Waals surface area contributed by atoms with Crippen LogP contribution in [0.4, 0.5) is 0 Å². The highest BCUT2D eigenvalue weighted by molar-refractivity contribution is 7.89. The van der Waals surface area contributed by atoms with Gasteiger partial charge in [0.2, 0.25) is 15.9 Å². The number of likely N-dealkylation sites (tertiary alicyclic amines) is 1. The van der Waals surface area contributed by atoms with Crippen LogP contribution in [-0.4, -0.2) is 58.7 Å². The number of rotatable bonds is 5. The zero-order valence-corrected chi connectivity index (χ0v) is 15.3. The number of piperidine rings is 1. The highest BCUT2D eigenvalue weighted by atomic mass is 32.2. The summed E-state index contributed by atoms with van der Waals surface area (Å²) in [4.78, 5) is 26.2. The van der Waals surface area contributed by atoms with Gasteiger partial charge in [0.1, 0.15) is 11.5 Å². The van der Waals surface area contributed by atoms with Crippen molar-refractivity contribution in [2.24, 2.45) is 5.92 Å². The van der Waals surface area contributed by atoms with Crippen LogP contribution < -0.4 is 14.2 Å². The van der Waals surface area contributed by atoms with Crippen molar-refractivity contribution in [1.29, 1.82) is 0 Å². The van der Waals surface area contributed by atoms with Crippen LogP contribution in [0, 0.1) is 5.92 Å². The van der Waals surface area contributed by atoms with Gasteiger partial charge >= 0.3 is 0 Å². The van der Waals surface area contributed by atoms with Crippen LogP contribution in [0.2, 0.25) is 0 Å². The van der Waals surface area contributed by atoms with Crippen molar-refractivity contribution >= 4 is 21.8 Å². The SMILES string of the molecule is COc1cc(OC)cc(C(=O)N2CCC(C(=O)NS(C)(=O)=O)CC2)c1. The topological polar surface area (TPSA) is 102 Å².